The molecular weight excluding hydrogens is 642 g/mol. The van der Waals surface area contributed by atoms with Crippen LogP contribution in [0, 0.1) is 0 Å². The van der Waals surface area contributed by atoms with Crippen LogP contribution >= 0.6 is 27.5 Å². The molecule has 0 unspecified atom stereocenters. The Balaban J connectivity index is 1.28. The highest BCUT2D eigenvalue weighted by atomic mass is 79.9. The van der Waals surface area contributed by atoms with E-state index in [2.05, 4.69) is 39.2 Å². The van der Waals surface area contributed by atoms with Crippen LogP contribution in [0.1, 0.15) is 11.1 Å². The maximum Gasteiger partial charge on any atom is 0.282 e. The van der Waals surface area contributed by atoms with Crippen LogP contribution in [-0.2, 0) is 6.61 Å². The fourth-order valence-electron chi connectivity index (χ4n) is 5.16. The molecular formula is C35H23BrClN3O4. The minimum absolute atomic E-state index is 0.269. The third kappa shape index (κ3) is 5.02. The molecule has 44 heavy (non-hydrogen) atoms. The van der Waals surface area contributed by atoms with Crippen molar-refractivity contribution < 1.29 is 13.9 Å². The summed E-state index contributed by atoms with van der Waals surface area (Å²) in [5.74, 6) is 1.49. The Labute approximate surface area is 265 Å². The van der Waals surface area contributed by atoms with Gasteiger partial charge in [-0.3, -0.25) is 4.79 Å². The van der Waals surface area contributed by atoms with Crippen LogP contribution in [0.3, 0.4) is 0 Å². The second-order valence-electron chi connectivity index (χ2n) is 10.0. The highest BCUT2D eigenvalue weighted by Gasteiger charge is 2.19. The zero-order chi connectivity index (χ0) is 30.2. The molecule has 9 heteroatoms. The molecule has 7 nitrogen and oxygen atoms in total. The van der Waals surface area contributed by atoms with E-state index in [0.29, 0.717) is 48.8 Å². The van der Waals surface area contributed by atoms with Crippen molar-refractivity contribution in [3.05, 3.63) is 134 Å². The van der Waals surface area contributed by atoms with E-state index in [0.717, 1.165) is 21.7 Å². The number of rotatable bonds is 7. The highest BCUT2D eigenvalue weighted by Crippen LogP contribution is 2.42. The van der Waals surface area contributed by atoms with Crippen LogP contribution in [0.5, 0.6) is 11.5 Å². The van der Waals surface area contributed by atoms with Crippen molar-refractivity contribution in [3.63, 3.8) is 0 Å². The number of benzene rings is 5. The zero-order valence-corrected chi connectivity index (χ0v) is 25.7. The number of para-hydroxylation sites is 2. The fourth-order valence-corrected chi connectivity index (χ4v) is 5.81. The van der Waals surface area contributed by atoms with Crippen molar-refractivity contribution in [1.82, 2.24) is 9.66 Å². The number of fused-ring (bicyclic) bond motifs is 3. The molecule has 0 aliphatic rings. The van der Waals surface area contributed by atoms with Gasteiger partial charge in [0, 0.05) is 15.4 Å². The average molecular weight is 665 g/mol. The predicted octanol–water partition coefficient (Wildman–Crippen LogP) is 8.85. The molecule has 0 aliphatic carbocycles. The largest absolute Gasteiger partial charge is 0.493 e. The Hall–Kier alpha value is -4.92. The van der Waals surface area contributed by atoms with Crippen LogP contribution in [0.2, 0.25) is 5.02 Å². The summed E-state index contributed by atoms with van der Waals surface area (Å²) in [6, 6.07) is 32.5. The van der Waals surface area contributed by atoms with Gasteiger partial charge < -0.3 is 13.9 Å². The van der Waals surface area contributed by atoms with Crippen LogP contribution in [-0.4, -0.2) is 23.0 Å². The molecule has 2 aromatic heterocycles. The van der Waals surface area contributed by atoms with E-state index < -0.39 is 0 Å². The van der Waals surface area contributed by atoms with Gasteiger partial charge in [0.2, 0.25) is 5.82 Å². The second kappa shape index (κ2) is 11.6. The number of hydrogen-bond acceptors (Lipinski definition) is 6. The topological polar surface area (TPSA) is 78.9 Å². The van der Waals surface area contributed by atoms with E-state index >= 15 is 0 Å². The molecule has 0 fully saturated rings. The van der Waals surface area contributed by atoms with E-state index in [1.807, 2.05) is 60.7 Å². The number of methoxy groups -OCH3 is 1. The van der Waals surface area contributed by atoms with Gasteiger partial charge in [-0.25, -0.2) is 4.98 Å². The van der Waals surface area contributed by atoms with Crippen molar-refractivity contribution in [1.29, 1.82) is 0 Å². The Morgan fingerprint density at radius 2 is 1.66 bits per heavy atom. The van der Waals surface area contributed by atoms with Gasteiger partial charge in [-0.2, -0.15) is 9.78 Å². The number of halogens is 2. The molecule has 0 N–H and O–H groups in total. The molecule has 7 rings (SSSR count). The molecule has 0 aliphatic heterocycles. The third-order valence-electron chi connectivity index (χ3n) is 7.34. The summed E-state index contributed by atoms with van der Waals surface area (Å²) >= 11 is 10.4. The van der Waals surface area contributed by atoms with E-state index in [1.165, 1.54) is 10.9 Å². The van der Waals surface area contributed by atoms with Crippen LogP contribution in [0.25, 0.3) is 44.2 Å². The maximum atomic E-state index is 13.7. The lowest BCUT2D eigenvalue weighted by atomic mass is 10.1. The normalized spacial score (nSPS) is 11.6. The molecule has 0 radical (unpaired) electrons. The highest BCUT2D eigenvalue weighted by molar-refractivity contribution is 9.10. The van der Waals surface area contributed by atoms with Gasteiger partial charge >= 0.3 is 0 Å². The van der Waals surface area contributed by atoms with Gasteiger partial charge in [-0.15, -0.1) is 0 Å². The molecule has 216 valence electrons. The van der Waals surface area contributed by atoms with Crippen molar-refractivity contribution in [2.24, 2.45) is 5.10 Å². The van der Waals surface area contributed by atoms with Gasteiger partial charge in [0.1, 0.15) is 17.2 Å². The molecule has 0 amide bonds. The minimum atomic E-state index is -0.341. The molecule has 0 saturated carbocycles. The Bertz CT molecular complexity index is 2250. The summed E-state index contributed by atoms with van der Waals surface area (Å²) in [4.78, 5) is 18.4. The lowest BCUT2D eigenvalue weighted by Gasteiger charge is -2.16. The average Bonchev–Trinajstić information content (AvgIpc) is 3.50. The molecule has 0 bridgehead atoms. The summed E-state index contributed by atoms with van der Waals surface area (Å²) in [6.07, 6.45) is 1.52. The van der Waals surface area contributed by atoms with Crippen molar-refractivity contribution in [2.45, 2.75) is 6.61 Å². The summed E-state index contributed by atoms with van der Waals surface area (Å²) in [5.41, 5.74) is 2.47. The van der Waals surface area contributed by atoms with Crippen molar-refractivity contribution >= 4 is 66.4 Å². The number of hydrogen-bond donors (Lipinski definition) is 0. The first kappa shape index (κ1) is 27.9. The molecule has 7 aromatic rings. The summed E-state index contributed by atoms with van der Waals surface area (Å²) < 4.78 is 19.7. The molecule has 0 atom stereocenters. The smallest absolute Gasteiger partial charge is 0.282 e. The Morgan fingerprint density at radius 1 is 0.932 bits per heavy atom. The van der Waals surface area contributed by atoms with Crippen molar-refractivity contribution in [2.75, 3.05) is 7.11 Å². The lowest BCUT2D eigenvalue weighted by molar-refractivity contribution is 0.285. The second-order valence-corrected chi connectivity index (χ2v) is 11.2. The molecule has 0 spiro atoms. The Kier molecular flexibility index (Phi) is 7.37. The molecule has 0 saturated heterocycles. The lowest BCUT2D eigenvalue weighted by Crippen LogP contribution is -2.20. The van der Waals surface area contributed by atoms with Gasteiger partial charge in [0.25, 0.3) is 5.56 Å². The zero-order valence-electron chi connectivity index (χ0n) is 23.3. The summed E-state index contributed by atoms with van der Waals surface area (Å²) in [5, 5.41) is 8.43. The predicted molar refractivity (Wildman–Crippen MR) is 178 cm³/mol. The first-order valence-corrected chi connectivity index (χ1v) is 14.9. The number of nitrogens with zero attached hydrogens (tertiary/aromatic N) is 3. The van der Waals surface area contributed by atoms with Crippen molar-refractivity contribution in [3.8, 4) is 23.1 Å². The van der Waals surface area contributed by atoms with E-state index in [1.54, 1.807) is 31.4 Å². The fraction of sp³-hybridized carbons (Fsp3) is 0.0571. The number of ether oxygens (including phenoxy) is 2. The quantitative estimate of drug-likeness (QED) is 0.159. The number of aromatic nitrogens is 2. The SMILES string of the molecule is COc1cc(C=Nn2c(-c3cc4ccccc4o3)nc3ccccc3c2=O)c(Br)c(Cl)c1OCc1cccc2ccccc12. The van der Waals surface area contributed by atoms with Gasteiger partial charge in [-0.05, 0) is 62.6 Å². The summed E-state index contributed by atoms with van der Waals surface area (Å²) in [6.45, 7) is 0.288. The minimum Gasteiger partial charge on any atom is -0.493 e. The summed E-state index contributed by atoms with van der Waals surface area (Å²) in [7, 11) is 1.54. The van der Waals surface area contributed by atoms with Crippen LogP contribution in [0.15, 0.2) is 122 Å². The molecule has 5 aromatic carbocycles. The van der Waals surface area contributed by atoms with Gasteiger partial charge in [0.15, 0.2) is 17.3 Å². The third-order valence-corrected chi connectivity index (χ3v) is 8.78. The Morgan fingerprint density at radius 3 is 2.48 bits per heavy atom. The van der Waals surface area contributed by atoms with Gasteiger partial charge in [-0.1, -0.05) is 84.4 Å². The first-order valence-electron chi connectivity index (χ1n) is 13.7. The monoisotopic (exact) mass is 663 g/mol. The first-order chi connectivity index (χ1) is 21.5. The molecule has 2 heterocycles. The maximum absolute atomic E-state index is 13.7. The van der Waals surface area contributed by atoms with Crippen LogP contribution in [0.4, 0.5) is 0 Å². The standard InChI is InChI=1S/C35H23BrClN3O4/c1-42-29-18-24(31(36)32(37)33(29)43-20-23-12-8-11-21-9-2-4-13-25(21)23)19-38-40-34(30-17-22-10-3-7-16-28(22)44-30)39-27-15-6-5-14-26(27)35(40)41/h2-19H,20H2,1H3. The van der Waals surface area contributed by atoms with E-state index in [9.17, 15) is 4.79 Å². The van der Waals surface area contributed by atoms with E-state index in [4.69, 9.17) is 30.5 Å². The van der Waals surface area contributed by atoms with Crippen LogP contribution < -0.4 is 15.0 Å². The number of furan rings is 1. The van der Waals surface area contributed by atoms with Gasteiger partial charge in [0.05, 0.1) is 24.2 Å². The van der Waals surface area contributed by atoms with E-state index in [-0.39, 0.29) is 18.0 Å².